The molecule has 0 unspecified atom stereocenters. The first-order valence-electron chi connectivity index (χ1n) is 1.06. The Morgan fingerprint density at radius 1 is 1.60 bits per heavy atom. The van der Waals surface area contributed by atoms with Gasteiger partial charge in [-0.05, 0) is 0 Å². The molecular weight excluding hydrogens is 311 g/mol. The maximum absolute atomic E-state index is 3.25. The van der Waals surface area contributed by atoms with E-state index in [0.29, 0.717) is 0 Å². The zero-order chi connectivity index (χ0) is 3.41. The number of halogens is 2. The van der Waals surface area contributed by atoms with Crippen molar-refractivity contribution in [3.8, 4) is 0 Å². The molecule has 0 aromatic heterocycles. The van der Waals surface area contributed by atoms with Gasteiger partial charge in [-0.2, -0.15) is 0 Å². The molecule has 0 aromatic rings. The normalized spacial score (nSPS) is 6.00. The van der Waals surface area contributed by atoms with Crippen molar-refractivity contribution in [2.24, 2.45) is 0 Å². The van der Waals surface area contributed by atoms with Gasteiger partial charge < -0.3 is 0 Å². The van der Waals surface area contributed by atoms with Gasteiger partial charge in [-0.15, -0.1) is 17.0 Å². The van der Waals surface area contributed by atoms with Crippen molar-refractivity contribution >= 4 is 55.2 Å². The molecule has 3 heteroatoms. The summed E-state index contributed by atoms with van der Waals surface area (Å²) in [6.07, 6.45) is 0. The summed E-state index contributed by atoms with van der Waals surface area (Å²) >= 11 is 5.33. The van der Waals surface area contributed by atoms with E-state index >= 15 is 0 Å². The van der Waals surface area contributed by atoms with Crippen molar-refractivity contribution in [2.45, 2.75) is 4.47 Å². The maximum atomic E-state index is 3.25. The molecule has 0 rings (SSSR count). The van der Waals surface area contributed by atoms with Crippen LogP contribution in [0.5, 0.6) is 0 Å². The molecule has 33 valence electrons. The second-order valence-corrected chi connectivity index (χ2v) is 2.35. The van der Waals surface area contributed by atoms with Crippen molar-refractivity contribution in [1.29, 1.82) is 0 Å². The Hall–Kier alpha value is 1.75. The summed E-state index contributed by atoms with van der Waals surface area (Å²) < 4.78 is 1.25. The molecule has 0 heterocycles. The van der Waals surface area contributed by atoms with Crippen LogP contribution in [0.25, 0.3) is 0 Å². The van der Waals surface area contributed by atoms with E-state index in [-0.39, 0.29) is 17.0 Å². The summed E-state index contributed by atoms with van der Waals surface area (Å²) in [5.41, 5.74) is 0. The molecule has 0 bridgehead atoms. The summed E-state index contributed by atoms with van der Waals surface area (Å²) in [6, 6.07) is 0. The second kappa shape index (κ2) is 9.23. The van der Waals surface area contributed by atoms with Crippen LogP contribution in [-0.4, -0.2) is 27.6 Å². The summed E-state index contributed by atoms with van der Waals surface area (Å²) in [5, 5.41) is 1.14. The van der Waals surface area contributed by atoms with Crippen molar-refractivity contribution in [3.63, 3.8) is 0 Å². The Kier molecular flexibility index (Phi) is 18.2. The van der Waals surface area contributed by atoms with Gasteiger partial charge in [0.1, 0.15) is 0 Å². The van der Waals surface area contributed by atoms with Crippen molar-refractivity contribution in [1.82, 2.24) is 0 Å². The van der Waals surface area contributed by atoms with Crippen LogP contribution in [0.1, 0.15) is 0 Å². The van der Waals surface area contributed by atoms with Crippen molar-refractivity contribution in [2.75, 3.05) is 5.33 Å². The summed E-state index contributed by atoms with van der Waals surface area (Å²) in [6.45, 7) is 0. The quantitative estimate of drug-likeness (QED) is 0.509. The molecule has 0 amide bonds. The molecule has 0 aliphatic carbocycles. The zero-order valence-corrected chi connectivity index (χ0v) is 8.24. The first-order chi connectivity index (χ1) is 1.91. The fourth-order valence-electron chi connectivity index (χ4n) is 0. The average molecular weight is 316 g/mol. The fourth-order valence-corrected chi connectivity index (χ4v) is 0. The Balaban J connectivity index is 0. The Morgan fingerprint density at radius 2 is 1.80 bits per heavy atom. The predicted molar refractivity (Wildman–Crippen MR) is 34.7 cm³/mol. The third kappa shape index (κ3) is 10.7. The van der Waals surface area contributed by atoms with Crippen LogP contribution in [0, 0.1) is 0 Å². The van der Waals surface area contributed by atoms with Gasteiger partial charge in [-0.3, -0.25) is 0 Å². The fraction of sp³-hybridized carbons (Fsp3) is 1.00. The van der Waals surface area contributed by atoms with E-state index in [1.54, 1.807) is 0 Å². The number of rotatable bonds is 1. The molecule has 0 saturated carbocycles. The van der Waals surface area contributed by atoms with Gasteiger partial charge in [0.15, 0.2) is 0 Å². The topological polar surface area (TPSA) is 0 Å². The number of hydrogen-bond acceptors (Lipinski definition) is 0. The van der Waals surface area contributed by atoms with Crippen LogP contribution < -0.4 is 0 Å². The van der Waals surface area contributed by atoms with Gasteiger partial charge in [0.25, 0.3) is 0 Å². The minimum absolute atomic E-state index is 0. The molecule has 0 N–H and O–H groups in total. The zero-order valence-electron chi connectivity index (χ0n) is 2.61. The molecule has 0 spiro atoms. The Labute approximate surface area is 64.5 Å². The van der Waals surface area contributed by atoms with E-state index in [0.717, 1.165) is 5.33 Å². The first-order valence-corrected chi connectivity index (χ1v) is 3.83. The van der Waals surface area contributed by atoms with Gasteiger partial charge >= 0.3 is 48.0 Å². The standard InChI is InChI=1S/C2H4BrTe.BrH/c3-1-2-4;/h1-2H2;1H. The molecule has 0 aromatic carbocycles. The Morgan fingerprint density at radius 3 is 1.80 bits per heavy atom. The predicted octanol–water partition coefficient (Wildman–Crippen LogP) is 1.55. The molecule has 0 nitrogen and oxygen atoms in total. The van der Waals surface area contributed by atoms with Crippen LogP contribution in [-0.2, 0) is 0 Å². The molecule has 0 aliphatic heterocycles. The summed E-state index contributed by atoms with van der Waals surface area (Å²) in [7, 11) is 0. The van der Waals surface area contributed by atoms with Crippen LogP contribution in [0.3, 0.4) is 0 Å². The van der Waals surface area contributed by atoms with Crippen LogP contribution >= 0.6 is 32.9 Å². The average Bonchev–Trinajstić information content (AvgIpc) is 1.37. The molecule has 0 saturated heterocycles. The third-order valence-corrected chi connectivity index (χ3v) is 2.69. The Bertz CT molecular complexity index is 9.61. The molecule has 0 aliphatic rings. The molecule has 0 fully saturated rings. The molecular formula is C2H5Br2Te. The first kappa shape index (κ1) is 9.89. The van der Waals surface area contributed by atoms with Gasteiger partial charge in [-0.1, -0.05) is 0 Å². The van der Waals surface area contributed by atoms with Crippen LogP contribution in [0.15, 0.2) is 0 Å². The van der Waals surface area contributed by atoms with Crippen molar-refractivity contribution in [3.05, 3.63) is 0 Å². The summed E-state index contributed by atoms with van der Waals surface area (Å²) in [5.74, 6) is 0. The molecule has 5 heavy (non-hydrogen) atoms. The van der Waals surface area contributed by atoms with E-state index < -0.39 is 0 Å². The van der Waals surface area contributed by atoms with Crippen LogP contribution in [0.2, 0.25) is 4.47 Å². The van der Waals surface area contributed by atoms with Gasteiger partial charge in [0, 0.05) is 0 Å². The third-order valence-electron chi connectivity index (χ3n) is 0.0772. The molecule has 1 radical (unpaired) electrons. The van der Waals surface area contributed by atoms with Gasteiger partial charge in [0.05, 0.1) is 0 Å². The summed E-state index contributed by atoms with van der Waals surface area (Å²) in [4.78, 5) is 0. The van der Waals surface area contributed by atoms with Crippen molar-refractivity contribution < 1.29 is 0 Å². The second-order valence-electron chi connectivity index (χ2n) is 0.393. The minimum atomic E-state index is 0. The molecule has 0 atom stereocenters. The van der Waals surface area contributed by atoms with E-state index in [1.807, 2.05) is 0 Å². The van der Waals surface area contributed by atoms with Gasteiger partial charge in [-0.25, -0.2) is 0 Å². The van der Waals surface area contributed by atoms with E-state index in [1.165, 1.54) is 4.47 Å². The van der Waals surface area contributed by atoms with E-state index in [2.05, 4.69) is 38.2 Å². The van der Waals surface area contributed by atoms with Gasteiger partial charge in [0.2, 0.25) is 0 Å². The monoisotopic (exact) mass is 317 g/mol. The van der Waals surface area contributed by atoms with E-state index in [9.17, 15) is 0 Å². The number of alkyl halides is 1. The SMILES string of the molecule is Br.BrCC[Te]. The van der Waals surface area contributed by atoms with E-state index in [4.69, 9.17) is 0 Å². The van der Waals surface area contributed by atoms with Crippen LogP contribution in [0.4, 0.5) is 0 Å². The number of hydrogen-bond donors (Lipinski definition) is 0.